The number of halogens is 2. The second kappa shape index (κ2) is 3.57. The van der Waals surface area contributed by atoms with Crippen LogP contribution in [0.3, 0.4) is 0 Å². The lowest BCUT2D eigenvalue weighted by molar-refractivity contribution is 0.566. The predicted octanol–water partition coefficient (Wildman–Crippen LogP) is 2.21. The number of aromatic nitrogens is 2. The van der Waals surface area contributed by atoms with Crippen LogP contribution in [0.15, 0.2) is 36.7 Å². The number of nitrogens with zero attached hydrogens (tertiary/aromatic N) is 2. The summed E-state index contributed by atoms with van der Waals surface area (Å²) in [4.78, 5) is 0. The fourth-order valence-corrected chi connectivity index (χ4v) is 1.23. The number of hydrogen-bond acceptors (Lipinski definition) is 1. The molecule has 0 aliphatic rings. The maximum Gasteiger partial charge on any atom is 0.128 e. The molecule has 0 radical (unpaired) electrons. The summed E-state index contributed by atoms with van der Waals surface area (Å²) in [6.45, 7) is 0.247. The molecule has 72 valence electrons. The zero-order chi connectivity index (χ0) is 9.97. The lowest BCUT2D eigenvalue weighted by Crippen LogP contribution is -2.02. The van der Waals surface area contributed by atoms with Crippen LogP contribution in [0.25, 0.3) is 0 Å². The standard InChI is InChI=1S/C10H8F2N2/c11-9-2-3-10(12)8(6-9)7-14-5-1-4-13-14/h1-6H,7H2. The van der Waals surface area contributed by atoms with Crippen LogP contribution in [0.5, 0.6) is 0 Å². The maximum atomic E-state index is 13.2. The first-order valence-electron chi connectivity index (χ1n) is 4.17. The molecular formula is C10H8F2N2. The first-order valence-corrected chi connectivity index (χ1v) is 4.17. The predicted molar refractivity (Wildman–Crippen MR) is 47.7 cm³/mol. The fourth-order valence-electron chi connectivity index (χ4n) is 1.23. The van der Waals surface area contributed by atoms with Gasteiger partial charge in [-0.05, 0) is 24.3 Å². The quantitative estimate of drug-likeness (QED) is 0.716. The van der Waals surface area contributed by atoms with E-state index in [1.165, 1.54) is 10.7 Å². The monoisotopic (exact) mass is 194 g/mol. The summed E-state index contributed by atoms with van der Waals surface area (Å²) >= 11 is 0. The highest BCUT2D eigenvalue weighted by Gasteiger charge is 2.04. The molecule has 0 atom stereocenters. The molecule has 0 amide bonds. The van der Waals surface area contributed by atoms with Crippen molar-refractivity contribution < 1.29 is 8.78 Å². The molecule has 0 N–H and O–H groups in total. The van der Waals surface area contributed by atoms with E-state index >= 15 is 0 Å². The Morgan fingerprint density at radius 1 is 1.29 bits per heavy atom. The Bertz CT molecular complexity index is 424. The molecule has 4 heteroatoms. The lowest BCUT2D eigenvalue weighted by Gasteiger charge is -2.03. The first kappa shape index (κ1) is 8.87. The summed E-state index contributed by atoms with van der Waals surface area (Å²) in [6, 6.07) is 5.13. The molecule has 1 aromatic carbocycles. The molecule has 0 saturated carbocycles. The number of benzene rings is 1. The molecular weight excluding hydrogens is 186 g/mol. The van der Waals surface area contributed by atoms with Crippen molar-refractivity contribution in [1.82, 2.24) is 9.78 Å². The Morgan fingerprint density at radius 2 is 2.14 bits per heavy atom. The zero-order valence-electron chi connectivity index (χ0n) is 7.32. The van der Waals surface area contributed by atoms with Gasteiger partial charge in [0.1, 0.15) is 11.6 Å². The van der Waals surface area contributed by atoms with Crippen LogP contribution in [0.1, 0.15) is 5.56 Å². The van der Waals surface area contributed by atoms with E-state index in [4.69, 9.17) is 0 Å². The molecule has 14 heavy (non-hydrogen) atoms. The minimum atomic E-state index is -0.437. The van der Waals surface area contributed by atoms with Gasteiger partial charge in [0.25, 0.3) is 0 Å². The van der Waals surface area contributed by atoms with Crippen LogP contribution in [-0.2, 0) is 6.54 Å². The molecule has 2 aromatic rings. The van der Waals surface area contributed by atoms with Crippen molar-refractivity contribution in [3.63, 3.8) is 0 Å². The van der Waals surface area contributed by atoms with Gasteiger partial charge in [-0.1, -0.05) is 0 Å². The van der Waals surface area contributed by atoms with Crippen molar-refractivity contribution in [2.45, 2.75) is 6.54 Å². The zero-order valence-corrected chi connectivity index (χ0v) is 7.32. The highest BCUT2D eigenvalue weighted by atomic mass is 19.1. The topological polar surface area (TPSA) is 17.8 Å². The maximum absolute atomic E-state index is 13.2. The van der Waals surface area contributed by atoms with E-state index in [-0.39, 0.29) is 6.54 Å². The Hall–Kier alpha value is -1.71. The molecule has 0 aliphatic heterocycles. The summed E-state index contributed by atoms with van der Waals surface area (Å²) in [7, 11) is 0. The van der Waals surface area contributed by atoms with Crippen molar-refractivity contribution in [3.05, 3.63) is 53.9 Å². The van der Waals surface area contributed by atoms with Gasteiger partial charge in [0.2, 0.25) is 0 Å². The first-order chi connectivity index (χ1) is 6.75. The van der Waals surface area contributed by atoms with Gasteiger partial charge in [-0.25, -0.2) is 8.78 Å². The van der Waals surface area contributed by atoms with E-state index in [2.05, 4.69) is 5.10 Å². The van der Waals surface area contributed by atoms with Crippen molar-refractivity contribution in [1.29, 1.82) is 0 Å². The molecule has 0 spiro atoms. The number of hydrogen-bond donors (Lipinski definition) is 0. The second-order valence-electron chi connectivity index (χ2n) is 2.94. The molecule has 2 nitrogen and oxygen atoms in total. The van der Waals surface area contributed by atoms with E-state index in [1.54, 1.807) is 18.5 Å². The van der Waals surface area contributed by atoms with Gasteiger partial charge in [-0.2, -0.15) is 5.10 Å². The molecule has 1 heterocycles. The molecule has 0 saturated heterocycles. The largest absolute Gasteiger partial charge is 0.268 e. The Morgan fingerprint density at radius 3 is 2.86 bits per heavy atom. The summed E-state index contributed by atoms with van der Waals surface area (Å²) in [6.07, 6.45) is 3.29. The van der Waals surface area contributed by atoms with Crippen molar-refractivity contribution in [3.8, 4) is 0 Å². The van der Waals surface area contributed by atoms with Crippen molar-refractivity contribution in [2.24, 2.45) is 0 Å². The average molecular weight is 194 g/mol. The highest BCUT2D eigenvalue weighted by Crippen LogP contribution is 2.10. The highest BCUT2D eigenvalue weighted by molar-refractivity contribution is 5.18. The minimum Gasteiger partial charge on any atom is -0.268 e. The van der Waals surface area contributed by atoms with E-state index in [0.29, 0.717) is 5.56 Å². The van der Waals surface area contributed by atoms with Gasteiger partial charge >= 0.3 is 0 Å². The summed E-state index contributed by atoms with van der Waals surface area (Å²) < 4.78 is 27.5. The smallest absolute Gasteiger partial charge is 0.128 e. The van der Waals surface area contributed by atoms with Crippen LogP contribution < -0.4 is 0 Å². The molecule has 2 rings (SSSR count). The van der Waals surface area contributed by atoms with Gasteiger partial charge in [-0.3, -0.25) is 4.68 Å². The fraction of sp³-hybridized carbons (Fsp3) is 0.100. The Kier molecular flexibility index (Phi) is 2.26. The molecule has 0 bridgehead atoms. The Labute approximate surface area is 79.8 Å². The molecule has 0 fully saturated rings. The van der Waals surface area contributed by atoms with Crippen molar-refractivity contribution >= 4 is 0 Å². The number of rotatable bonds is 2. The minimum absolute atomic E-state index is 0.247. The molecule has 1 aromatic heterocycles. The van der Waals surface area contributed by atoms with E-state index in [0.717, 1.165) is 12.1 Å². The summed E-state index contributed by atoms with van der Waals surface area (Å²) in [5.41, 5.74) is 0.300. The van der Waals surface area contributed by atoms with Crippen LogP contribution >= 0.6 is 0 Å². The van der Waals surface area contributed by atoms with Crippen LogP contribution in [0.2, 0.25) is 0 Å². The van der Waals surface area contributed by atoms with Crippen LogP contribution in [0, 0.1) is 11.6 Å². The SMILES string of the molecule is Fc1ccc(F)c(Cn2cccn2)c1. The van der Waals surface area contributed by atoms with Crippen molar-refractivity contribution in [2.75, 3.05) is 0 Å². The van der Waals surface area contributed by atoms with Gasteiger partial charge in [0.05, 0.1) is 6.54 Å². The van der Waals surface area contributed by atoms with Gasteiger partial charge in [0, 0.05) is 18.0 Å². The summed E-state index contributed by atoms with van der Waals surface area (Å²) in [5.74, 6) is -0.851. The second-order valence-corrected chi connectivity index (χ2v) is 2.94. The third-order valence-corrected chi connectivity index (χ3v) is 1.90. The van der Waals surface area contributed by atoms with E-state index in [9.17, 15) is 8.78 Å². The molecule has 0 aliphatic carbocycles. The average Bonchev–Trinajstić information content (AvgIpc) is 2.64. The third kappa shape index (κ3) is 1.79. The Balaban J connectivity index is 2.28. The van der Waals surface area contributed by atoms with Gasteiger partial charge in [-0.15, -0.1) is 0 Å². The van der Waals surface area contributed by atoms with Gasteiger partial charge in [0.15, 0.2) is 0 Å². The lowest BCUT2D eigenvalue weighted by atomic mass is 10.2. The third-order valence-electron chi connectivity index (χ3n) is 1.90. The molecule has 0 unspecified atom stereocenters. The van der Waals surface area contributed by atoms with Crippen LogP contribution in [-0.4, -0.2) is 9.78 Å². The van der Waals surface area contributed by atoms with Gasteiger partial charge < -0.3 is 0 Å². The van der Waals surface area contributed by atoms with E-state index in [1.807, 2.05) is 0 Å². The van der Waals surface area contributed by atoms with Crippen LogP contribution in [0.4, 0.5) is 8.78 Å². The normalized spacial score (nSPS) is 10.4. The summed E-state index contributed by atoms with van der Waals surface area (Å²) in [5, 5.41) is 3.91. The van der Waals surface area contributed by atoms with E-state index < -0.39 is 11.6 Å².